The van der Waals surface area contributed by atoms with Crippen molar-refractivity contribution in [1.82, 2.24) is 4.98 Å². The molecule has 1 amide bonds. The second-order valence-corrected chi connectivity index (χ2v) is 10.9. The van der Waals surface area contributed by atoms with Crippen molar-refractivity contribution >= 4 is 39.0 Å². The van der Waals surface area contributed by atoms with E-state index in [9.17, 15) is 13.2 Å². The number of halogens is 1. The molecule has 2 aromatic carbocycles. The lowest BCUT2D eigenvalue weighted by Gasteiger charge is -2.42. The average molecular weight is 497 g/mol. The Morgan fingerprint density at radius 3 is 2.44 bits per heavy atom. The van der Waals surface area contributed by atoms with E-state index in [1.807, 2.05) is 55.5 Å². The molecule has 3 aromatic rings. The zero-order valence-electron chi connectivity index (χ0n) is 18.9. The van der Waals surface area contributed by atoms with E-state index in [1.54, 1.807) is 17.9 Å². The number of sulfonamides is 1. The Balaban J connectivity index is 1.31. The summed E-state index contributed by atoms with van der Waals surface area (Å²) in [5.41, 5.74) is 4.43. The normalized spacial score (nSPS) is 18.1. The number of benzene rings is 2. The molecule has 5 rings (SSSR count). The molecule has 1 fully saturated rings. The van der Waals surface area contributed by atoms with Gasteiger partial charge in [-0.3, -0.25) is 9.69 Å². The Hall–Kier alpha value is -2.94. The summed E-state index contributed by atoms with van der Waals surface area (Å²) in [7, 11) is -3.97. The highest BCUT2D eigenvalue weighted by molar-refractivity contribution is 7.89. The largest absolute Gasteiger partial charge is 0.370 e. The van der Waals surface area contributed by atoms with E-state index in [0.717, 1.165) is 22.4 Å². The number of aryl methyl sites for hydroxylation is 1. The molecule has 34 heavy (non-hydrogen) atoms. The van der Waals surface area contributed by atoms with Gasteiger partial charge in [-0.15, -0.1) is 0 Å². The highest BCUT2D eigenvalue weighted by Crippen LogP contribution is 2.36. The molecule has 2 N–H and O–H groups in total. The third kappa shape index (κ3) is 3.96. The molecule has 176 valence electrons. The van der Waals surface area contributed by atoms with Crippen molar-refractivity contribution in [3.63, 3.8) is 0 Å². The number of rotatable bonds is 4. The number of primary sulfonamides is 1. The minimum atomic E-state index is -3.97. The Morgan fingerprint density at radius 2 is 1.79 bits per heavy atom. The van der Waals surface area contributed by atoms with Gasteiger partial charge in [0, 0.05) is 35.4 Å². The van der Waals surface area contributed by atoms with E-state index in [4.69, 9.17) is 16.7 Å². The molecular formula is C25H25ClN4O3S. The number of nitrogens with two attached hydrogens (primary N) is 1. The van der Waals surface area contributed by atoms with Crippen molar-refractivity contribution in [2.75, 3.05) is 22.9 Å². The lowest BCUT2D eigenvalue weighted by atomic mass is 9.96. The summed E-state index contributed by atoms with van der Waals surface area (Å²) >= 11 is 6.31. The molecule has 1 atom stereocenters. The maximum absolute atomic E-state index is 13.4. The number of aromatic nitrogens is 1. The maximum atomic E-state index is 13.4. The molecule has 0 saturated carbocycles. The minimum absolute atomic E-state index is 0.0353. The number of pyridine rings is 1. The molecule has 0 bridgehead atoms. The minimum Gasteiger partial charge on any atom is -0.370 e. The van der Waals surface area contributed by atoms with Gasteiger partial charge in [-0.25, -0.2) is 18.5 Å². The fourth-order valence-electron chi connectivity index (χ4n) is 4.82. The summed E-state index contributed by atoms with van der Waals surface area (Å²) in [6.07, 6.45) is 0.639. The Labute approximate surface area is 204 Å². The fourth-order valence-corrected chi connectivity index (χ4v) is 5.79. The number of nitrogens with zero attached hydrogens (tertiary/aromatic N) is 3. The van der Waals surface area contributed by atoms with Gasteiger partial charge in [0.25, 0.3) is 10.0 Å². The smallest absolute Gasteiger partial charge is 0.255 e. The predicted octanol–water partition coefficient (Wildman–Crippen LogP) is 3.77. The molecule has 2 aliphatic heterocycles. The van der Waals surface area contributed by atoms with Crippen LogP contribution >= 0.6 is 11.6 Å². The van der Waals surface area contributed by atoms with Gasteiger partial charge < -0.3 is 4.90 Å². The lowest BCUT2D eigenvalue weighted by Crippen LogP contribution is -2.56. The first-order valence-electron chi connectivity index (χ1n) is 11.1. The van der Waals surface area contributed by atoms with Crippen molar-refractivity contribution in [1.29, 1.82) is 0 Å². The predicted molar refractivity (Wildman–Crippen MR) is 134 cm³/mol. The van der Waals surface area contributed by atoms with Crippen LogP contribution in [-0.2, 0) is 21.2 Å². The maximum Gasteiger partial charge on any atom is 0.255 e. The van der Waals surface area contributed by atoms with Crippen LogP contribution in [0.1, 0.15) is 18.1 Å². The molecule has 0 radical (unpaired) electrons. The third-order valence-electron chi connectivity index (χ3n) is 6.56. The molecule has 3 heterocycles. The summed E-state index contributed by atoms with van der Waals surface area (Å²) < 4.78 is 23.9. The van der Waals surface area contributed by atoms with E-state index in [1.165, 1.54) is 0 Å². The zero-order valence-corrected chi connectivity index (χ0v) is 20.5. The molecule has 0 unspecified atom stereocenters. The average Bonchev–Trinajstić information content (AvgIpc) is 3.06. The topological polar surface area (TPSA) is 96.6 Å². The van der Waals surface area contributed by atoms with Gasteiger partial charge in [0.15, 0.2) is 5.03 Å². The first-order valence-corrected chi connectivity index (χ1v) is 13.0. The first kappa shape index (κ1) is 22.8. The van der Waals surface area contributed by atoms with Crippen LogP contribution in [0.15, 0.2) is 59.6 Å². The zero-order chi connectivity index (χ0) is 24.2. The monoisotopic (exact) mass is 496 g/mol. The molecule has 1 aromatic heterocycles. The van der Waals surface area contributed by atoms with Crippen molar-refractivity contribution in [3.8, 4) is 11.1 Å². The summed E-state index contributed by atoms with van der Waals surface area (Å²) in [5, 5.41) is 5.87. The second kappa shape index (κ2) is 8.37. The SMILES string of the molecule is Cc1cc2c(nc1S(N)(=O)=O)N(C(=O)C1CN(c3ccc(-c4ccccc4Cl)cc3)C1)[C@@H](C)C2. The van der Waals surface area contributed by atoms with Crippen LogP contribution in [0.25, 0.3) is 11.1 Å². The van der Waals surface area contributed by atoms with Gasteiger partial charge in [0.2, 0.25) is 5.91 Å². The number of carbonyl (C=O) groups excluding carboxylic acids is 1. The van der Waals surface area contributed by atoms with Crippen molar-refractivity contribution in [2.45, 2.75) is 31.3 Å². The standard InChI is InChI=1S/C25H25ClN4O3S/c1-15-11-18-12-16(2)30(23(18)28-24(15)34(27,32)33)25(31)19-13-29(14-19)20-9-7-17(8-10-20)21-5-3-4-6-22(21)26/h3-11,16,19H,12-14H2,1-2H3,(H2,27,32,33)/t16-/m0/s1. The van der Waals surface area contributed by atoms with Gasteiger partial charge in [-0.05, 0) is 61.2 Å². The molecule has 1 saturated heterocycles. The van der Waals surface area contributed by atoms with E-state index in [-0.39, 0.29) is 22.9 Å². The quantitative estimate of drug-likeness (QED) is 0.593. The third-order valence-corrected chi connectivity index (χ3v) is 7.84. The highest BCUT2D eigenvalue weighted by Gasteiger charge is 2.41. The summed E-state index contributed by atoms with van der Waals surface area (Å²) in [5.74, 6) is 0.194. The number of anilines is 2. The van der Waals surface area contributed by atoms with Crippen molar-refractivity contribution in [2.24, 2.45) is 11.1 Å². The van der Waals surface area contributed by atoms with Crippen molar-refractivity contribution in [3.05, 3.63) is 70.7 Å². The number of hydrogen-bond donors (Lipinski definition) is 1. The second-order valence-electron chi connectivity index (χ2n) is 9.03. The molecule has 7 nitrogen and oxygen atoms in total. The number of amides is 1. The van der Waals surface area contributed by atoms with Gasteiger partial charge in [0.1, 0.15) is 5.82 Å². The van der Waals surface area contributed by atoms with E-state index < -0.39 is 10.0 Å². The molecule has 0 spiro atoms. The Kier molecular flexibility index (Phi) is 5.62. The van der Waals surface area contributed by atoms with Gasteiger partial charge in [-0.1, -0.05) is 41.9 Å². The lowest BCUT2D eigenvalue weighted by molar-refractivity contribution is -0.123. The fraction of sp³-hybridized carbons (Fsp3) is 0.280. The van der Waals surface area contributed by atoms with Crippen LogP contribution in [0.2, 0.25) is 5.02 Å². The molecular weight excluding hydrogens is 472 g/mol. The summed E-state index contributed by atoms with van der Waals surface area (Å²) in [4.78, 5) is 21.5. The number of hydrogen-bond acceptors (Lipinski definition) is 5. The first-order chi connectivity index (χ1) is 16.1. The van der Waals surface area contributed by atoms with E-state index in [2.05, 4.69) is 9.88 Å². The molecule has 9 heteroatoms. The van der Waals surface area contributed by atoms with E-state index in [0.29, 0.717) is 35.9 Å². The van der Waals surface area contributed by atoms with Crippen LogP contribution in [0, 0.1) is 12.8 Å². The Bertz CT molecular complexity index is 1390. The van der Waals surface area contributed by atoms with Crippen LogP contribution in [0.5, 0.6) is 0 Å². The summed E-state index contributed by atoms with van der Waals surface area (Å²) in [6, 6.07) is 17.6. The van der Waals surface area contributed by atoms with Gasteiger partial charge in [-0.2, -0.15) is 0 Å². The van der Waals surface area contributed by atoms with Crippen LogP contribution in [-0.4, -0.2) is 38.4 Å². The molecule has 2 aliphatic rings. The number of carbonyl (C=O) groups is 1. The highest BCUT2D eigenvalue weighted by atomic mass is 35.5. The van der Waals surface area contributed by atoms with E-state index >= 15 is 0 Å². The van der Waals surface area contributed by atoms with Crippen LogP contribution < -0.4 is 14.9 Å². The van der Waals surface area contributed by atoms with Gasteiger partial charge >= 0.3 is 0 Å². The van der Waals surface area contributed by atoms with Crippen LogP contribution in [0.3, 0.4) is 0 Å². The Morgan fingerprint density at radius 1 is 1.12 bits per heavy atom. The van der Waals surface area contributed by atoms with Crippen molar-refractivity contribution < 1.29 is 13.2 Å². The van der Waals surface area contributed by atoms with Crippen LogP contribution in [0.4, 0.5) is 11.5 Å². The summed E-state index contributed by atoms with van der Waals surface area (Å²) in [6.45, 7) is 4.81. The van der Waals surface area contributed by atoms with Gasteiger partial charge in [0.05, 0.1) is 5.92 Å². The molecule has 0 aliphatic carbocycles. The number of fused-ring (bicyclic) bond motifs is 1.